The Kier molecular flexibility index (Phi) is 5.09. The van der Waals surface area contributed by atoms with Crippen LogP contribution in [0.2, 0.25) is 0 Å². The minimum absolute atomic E-state index is 0.00965. The number of ether oxygens (including phenoxy) is 1. The van der Waals surface area contributed by atoms with Gasteiger partial charge in [-0.25, -0.2) is 0 Å². The summed E-state index contributed by atoms with van der Waals surface area (Å²) < 4.78 is 5.76. The van der Waals surface area contributed by atoms with Crippen LogP contribution in [0.4, 0.5) is 5.69 Å². The number of aliphatic hydroxyl groups is 1. The lowest BCUT2D eigenvalue weighted by Crippen LogP contribution is -2.47. The van der Waals surface area contributed by atoms with Gasteiger partial charge in [-0.15, -0.1) is 0 Å². The number of rotatable bonds is 6. The number of fused-ring (bicyclic) bond motifs is 1. The molecule has 0 aliphatic heterocycles. The molecule has 0 saturated heterocycles. The van der Waals surface area contributed by atoms with Crippen molar-refractivity contribution in [1.29, 1.82) is 0 Å². The summed E-state index contributed by atoms with van der Waals surface area (Å²) in [5.74, 6) is 0.264. The summed E-state index contributed by atoms with van der Waals surface area (Å²) in [6.07, 6.45) is 4.04. The van der Waals surface area contributed by atoms with E-state index >= 15 is 0 Å². The van der Waals surface area contributed by atoms with Gasteiger partial charge >= 0.3 is 5.69 Å². The fourth-order valence-corrected chi connectivity index (χ4v) is 3.95. The zero-order valence-corrected chi connectivity index (χ0v) is 15.1. The van der Waals surface area contributed by atoms with Crippen LogP contribution in [0, 0.1) is 10.1 Å². The van der Waals surface area contributed by atoms with E-state index in [1.165, 1.54) is 6.42 Å². The Morgan fingerprint density at radius 1 is 1.15 bits per heavy atom. The number of nitrogens with one attached hydrogen (secondary N) is 1. The van der Waals surface area contributed by atoms with Crippen LogP contribution in [0.5, 0.6) is 5.75 Å². The number of nitrogens with zero attached hydrogens (tertiary/aromatic N) is 1. The molecule has 6 nitrogen and oxygen atoms in total. The molecule has 142 valence electrons. The number of benzene rings is 2. The topological polar surface area (TPSA) is 84.6 Å². The first-order valence-corrected chi connectivity index (χ1v) is 9.54. The monoisotopic (exact) mass is 368 g/mol. The van der Waals surface area contributed by atoms with Crippen molar-refractivity contribution in [3.8, 4) is 5.75 Å². The number of nitro benzene ring substituents is 1. The molecule has 1 fully saturated rings. The molecule has 0 aromatic heterocycles. The molecule has 0 bridgehead atoms. The summed E-state index contributed by atoms with van der Waals surface area (Å²) in [4.78, 5) is 11.4. The highest BCUT2D eigenvalue weighted by atomic mass is 16.6. The third-order valence-electron chi connectivity index (χ3n) is 5.66. The quantitative estimate of drug-likeness (QED) is 0.600. The first kappa shape index (κ1) is 17.9. The fourth-order valence-electron chi connectivity index (χ4n) is 3.95. The van der Waals surface area contributed by atoms with Crippen LogP contribution in [-0.4, -0.2) is 22.1 Å². The molecule has 2 aromatic rings. The second-order valence-corrected chi connectivity index (χ2v) is 7.40. The molecule has 2 N–H and O–H groups in total. The Balaban J connectivity index is 1.57. The van der Waals surface area contributed by atoms with Gasteiger partial charge < -0.3 is 15.2 Å². The maximum atomic E-state index is 11.8. The zero-order chi connectivity index (χ0) is 18.8. The summed E-state index contributed by atoms with van der Waals surface area (Å²) in [7, 11) is 0. The molecule has 0 spiro atoms. The molecule has 2 aromatic carbocycles. The van der Waals surface area contributed by atoms with Crippen molar-refractivity contribution in [2.45, 2.75) is 56.9 Å². The number of aliphatic hydroxyl groups excluding tert-OH is 1. The van der Waals surface area contributed by atoms with Crippen LogP contribution in [-0.2, 0) is 13.0 Å². The SMILES string of the molecule is O=[N+]([O-])c1c(OCc2ccccc2)ccc2c1CC[C@H](NC1CCC1)[C@H]2O. The molecular formula is C21H24N2O4. The Bertz CT molecular complexity index is 820. The molecule has 0 heterocycles. The minimum Gasteiger partial charge on any atom is -0.482 e. The van der Waals surface area contributed by atoms with Gasteiger partial charge in [0.05, 0.1) is 11.0 Å². The van der Waals surface area contributed by atoms with E-state index in [1.54, 1.807) is 12.1 Å². The van der Waals surface area contributed by atoms with E-state index in [2.05, 4.69) is 5.32 Å². The standard InChI is InChI=1S/C21H24N2O4/c24-21-17-10-12-19(27-13-14-5-2-1-3-6-14)20(23(25)26)16(17)9-11-18(21)22-15-7-4-8-15/h1-3,5-6,10,12,15,18,21-22,24H,4,7-9,11,13H2/t18-,21-/m0/s1. The third kappa shape index (κ3) is 3.68. The van der Waals surface area contributed by atoms with Gasteiger partial charge in [0.1, 0.15) is 6.61 Å². The largest absolute Gasteiger partial charge is 0.482 e. The van der Waals surface area contributed by atoms with Gasteiger partial charge in [0, 0.05) is 17.6 Å². The molecule has 2 aliphatic carbocycles. The Hall–Kier alpha value is -2.44. The van der Waals surface area contributed by atoms with Crippen LogP contribution in [0.3, 0.4) is 0 Å². The van der Waals surface area contributed by atoms with E-state index in [0.717, 1.165) is 18.4 Å². The van der Waals surface area contributed by atoms with Gasteiger partial charge in [0.15, 0.2) is 5.75 Å². The van der Waals surface area contributed by atoms with Crippen LogP contribution in [0.1, 0.15) is 48.5 Å². The summed E-state index contributed by atoms with van der Waals surface area (Å²) >= 11 is 0. The van der Waals surface area contributed by atoms with Crippen molar-refractivity contribution in [1.82, 2.24) is 5.32 Å². The van der Waals surface area contributed by atoms with E-state index in [9.17, 15) is 15.2 Å². The lowest BCUT2D eigenvalue weighted by Gasteiger charge is -2.37. The molecular weight excluding hydrogens is 344 g/mol. The predicted octanol–water partition coefficient (Wildman–Crippen LogP) is 3.66. The molecule has 2 aliphatic rings. The highest BCUT2D eigenvalue weighted by Gasteiger charge is 2.36. The average Bonchev–Trinajstić information content (AvgIpc) is 2.64. The van der Waals surface area contributed by atoms with Crippen LogP contribution in [0.25, 0.3) is 0 Å². The highest BCUT2D eigenvalue weighted by molar-refractivity contribution is 5.58. The summed E-state index contributed by atoms with van der Waals surface area (Å²) in [5.41, 5.74) is 2.19. The number of hydrogen-bond acceptors (Lipinski definition) is 5. The Morgan fingerprint density at radius 3 is 2.59 bits per heavy atom. The maximum Gasteiger partial charge on any atom is 0.314 e. The molecule has 0 unspecified atom stereocenters. The van der Waals surface area contributed by atoms with Crippen molar-refractivity contribution in [2.75, 3.05) is 0 Å². The van der Waals surface area contributed by atoms with Gasteiger partial charge in [-0.2, -0.15) is 0 Å². The van der Waals surface area contributed by atoms with Crippen LogP contribution < -0.4 is 10.1 Å². The second kappa shape index (κ2) is 7.66. The van der Waals surface area contributed by atoms with Crippen molar-refractivity contribution >= 4 is 5.69 Å². The van der Waals surface area contributed by atoms with E-state index in [-0.39, 0.29) is 29.0 Å². The molecule has 2 atom stereocenters. The molecule has 0 amide bonds. The lowest BCUT2D eigenvalue weighted by atomic mass is 9.83. The smallest absolute Gasteiger partial charge is 0.314 e. The van der Waals surface area contributed by atoms with Crippen molar-refractivity contribution in [3.63, 3.8) is 0 Å². The lowest BCUT2D eigenvalue weighted by molar-refractivity contribution is -0.386. The highest BCUT2D eigenvalue weighted by Crippen LogP contribution is 2.41. The van der Waals surface area contributed by atoms with Crippen molar-refractivity contribution < 1.29 is 14.8 Å². The van der Waals surface area contributed by atoms with E-state index in [4.69, 9.17) is 4.74 Å². The first-order valence-electron chi connectivity index (χ1n) is 9.54. The number of nitro groups is 1. The average molecular weight is 368 g/mol. The van der Waals surface area contributed by atoms with Gasteiger partial charge in [-0.1, -0.05) is 42.8 Å². The molecule has 1 saturated carbocycles. The van der Waals surface area contributed by atoms with Gasteiger partial charge in [0.25, 0.3) is 0 Å². The maximum absolute atomic E-state index is 11.8. The summed E-state index contributed by atoms with van der Waals surface area (Å²) in [5, 5.41) is 26.0. The van der Waals surface area contributed by atoms with Crippen LogP contribution >= 0.6 is 0 Å². The molecule has 0 radical (unpaired) electrons. The van der Waals surface area contributed by atoms with E-state index < -0.39 is 6.10 Å². The van der Waals surface area contributed by atoms with Gasteiger partial charge in [-0.05, 0) is 42.9 Å². The predicted molar refractivity (Wildman–Crippen MR) is 102 cm³/mol. The van der Waals surface area contributed by atoms with E-state index in [0.29, 0.717) is 30.0 Å². The molecule has 27 heavy (non-hydrogen) atoms. The summed E-state index contributed by atoms with van der Waals surface area (Å²) in [6, 6.07) is 13.4. The van der Waals surface area contributed by atoms with Gasteiger partial charge in [0.2, 0.25) is 0 Å². The molecule has 6 heteroatoms. The summed E-state index contributed by atoms with van der Waals surface area (Å²) in [6.45, 7) is 0.273. The van der Waals surface area contributed by atoms with E-state index in [1.807, 2.05) is 30.3 Å². The zero-order valence-electron chi connectivity index (χ0n) is 15.1. The van der Waals surface area contributed by atoms with Crippen molar-refractivity contribution in [2.24, 2.45) is 0 Å². The first-order chi connectivity index (χ1) is 13.1. The molecule has 4 rings (SSSR count). The third-order valence-corrected chi connectivity index (χ3v) is 5.66. The Labute approximate surface area is 158 Å². The Morgan fingerprint density at radius 2 is 1.93 bits per heavy atom. The minimum atomic E-state index is -0.726. The van der Waals surface area contributed by atoms with Crippen molar-refractivity contribution in [3.05, 3.63) is 69.3 Å². The second-order valence-electron chi connectivity index (χ2n) is 7.40. The van der Waals surface area contributed by atoms with Gasteiger partial charge in [-0.3, -0.25) is 10.1 Å². The number of hydrogen-bond donors (Lipinski definition) is 2. The van der Waals surface area contributed by atoms with Crippen LogP contribution in [0.15, 0.2) is 42.5 Å². The normalized spacial score (nSPS) is 22.0. The fraction of sp³-hybridized carbons (Fsp3) is 0.429.